The van der Waals surface area contributed by atoms with Crippen LogP contribution in [-0.4, -0.2) is 18.2 Å². The first-order chi connectivity index (χ1) is 9.92. The molecule has 0 aliphatic rings. The summed E-state index contributed by atoms with van der Waals surface area (Å²) in [5, 5.41) is 9.07. The molecule has 0 atom stereocenters. The highest BCUT2D eigenvalue weighted by atomic mass is 79.9. The van der Waals surface area contributed by atoms with Crippen molar-refractivity contribution in [3.63, 3.8) is 0 Å². The maximum atomic E-state index is 13.8. The van der Waals surface area contributed by atoms with Crippen LogP contribution in [0.2, 0.25) is 0 Å². The second kappa shape index (κ2) is 6.09. The van der Waals surface area contributed by atoms with Gasteiger partial charge >= 0.3 is 5.97 Å². The van der Waals surface area contributed by atoms with Crippen molar-refractivity contribution in [3.8, 4) is 17.2 Å². The number of carboxylic acid groups (broad SMARTS) is 1. The quantitative estimate of drug-likeness (QED) is 0.888. The molecule has 0 aliphatic carbocycles. The summed E-state index contributed by atoms with van der Waals surface area (Å²) in [5.74, 6) is -3.05. The minimum absolute atomic E-state index is 0.0255. The topological polar surface area (TPSA) is 55.8 Å². The SMILES string of the molecule is COc1ccc(Oc2cc(F)c(Br)cc2C(=O)O)c(F)c1. The molecule has 0 spiro atoms. The molecule has 0 radical (unpaired) electrons. The fourth-order valence-electron chi connectivity index (χ4n) is 1.59. The Morgan fingerprint density at radius 3 is 2.43 bits per heavy atom. The number of benzene rings is 2. The molecule has 2 rings (SSSR count). The molecule has 21 heavy (non-hydrogen) atoms. The standard InChI is InChI=1S/C14H9BrF2O4/c1-20-7-2-3-12(11(17)4-7)21-13-6-10(16)9(15)5-8(13)14(18)19/h2-6H,1H3,(H,18,19). The van der Waals surface area contributed by atoms with Gasteiger partial charge in [0, 0.05) is 12.1 Å². The fraction of sp³-hybridized carbons (Fsp3) is 0.0714. The molecule has 0 bridgehead atoms. The minimum atomic E-state index is -1.32. The number of ether oxygens (including phenoxy) is 2. The zero-order valence-corrected chi connectivity index (χ0v) is 12.3. The van der Waals surface area contributed by atoms with E-state index in [1.807, 2.05) is 0 Å². The predicted octanol–water partition coefficient (Wildman–Crippen LogP) is 4.23. The molecule has 0 saturated carbocycles. The zero-order valence-electron chi connectivity index (χ0n) is 10.7. The maximum Gasteiger partial charge on any atom is 0.339 e. The Labute approximate surface area is 127 Å². The number of hydrogen-bond donors (Lipinski definition) is 1. The number of rotatable bonds is 4. The number of carbonyl (C=O) groups is 1. The summed E-state index contributed by atoms with van der Waals surface area (Å²) in [5.41, 5.74) is -0.293. The van der Waals surface area contributed by atoms with Gasteiger partial charge < -0.3 is 14.6 Å². The molecule has 0 amide bonds. The highest BCUT2D eigenvalue weighted by Gasteiger charge is 2.17. The van der Waals surface area contributed by atoms with E-state index in [1.165, 1.54) is 19.2 Å². The molecular weight excluding hydrogens is 350 g/mol. The molecular formula is C14H9BrF2O4. The van der Waals surface area contributed by atoms with Crippen LogP contribution in [0, 0.1) is 11.6 Å². The molecule has 0 unspecified atom stereocenters. The van der Waals surface area contributed by atoms with Gasteiger partial charge in [-0.1, -0.05) is 0 Å². The maximum absolute atomic E-state index is 13.8. The van der Waals surface area contributed by atoms with Crippen LogP contribution in [0.5, 0.6) is 17.2 Å². The van der Waals surface area contributed by atoms with E-state index in [9.17, 15) is 13.6 Å². The number of aromatic carboxylic acids is 1. The number of methoxy groups -OCH3 is 1. The Hall–Kier alpha value is -2.15. The molecule has 0 fully saturated rings. The lowest BCUT2D eigenvalue weighted by Gasteiger charge is -2.11. The summed E-state index contributed by atoms with van der Waals surface area (Å²) in [6, 6.07) is 5.70. The van der Waals surface area contributed by atoms with Gasteiger partial charge in [0.1, 0.15) is 22.9 Å². The summed E-state index contributed by atoms with van der Waals surface area (Å²) in [6.45, 7) is 0. The van der Waals surface area contributed by atoms with Gasteiger partial charge in [0.2, 0.25) is 0 Å². The van der Waals surface area contributed by atoms with Crippen molar-refractivity contribution < 1.29 is 28.2 Å². The van der Waals surface area contributed by atoms with Gasteiger partial charge in [-0.25, -0.2) is 13.6 Å². The van der Waals surface area contributed by atoms with Gasteiger partial charge in [-0.2, -0.15) is 0 Å². The number of hydrogen-bond acceptors (Lipinski definition) is 3. The normalized spacial score (nSPS) is 10.3. The van der Waals surface area contributed by atoms with Crippen molar-refractivity contribution in [3.05, 3.63) is 52.0 Å². The summed E-state index contributed by atoms with van der Waals surface area (Å²) in [6.07, 6.45) is 0. The molecule has 2 aromatic rings. The van der Waals surface area contributed by atoms with Crippen molar-refractivity contribution in [2.45, 2.75) is 0 Å². The van der Waals surface area contributed by atoms with Gasteiger partial charge in [0.25, 0.3) is 0 Å². The van der Waals surface area contributed by atoms with Gasteiger partial charge in [-0.3, -0.25) is 0 Å². The van der Waals surface area contributed by atoms with Crippen molar-refractivity contribution >= 4 is 21.9 Å². The molecule has 0 heterocycles. The van der Waals surface area contributed by atoms with Crippen molar-refractivity contribution in [2.75, 3.05) is 7.11 Å². The zero-order chi connectivity index (χ0) is 15.6. The smallest absolute Gasteiger partial charge is 0.339 e. The molecule has 0 saturated heterocycles. The second-order valence-corrected chi connectivity index (χ2v) is 4.82. The van der Waals surface area contributed by atoms with Crippen LogP contribution in [0.3, 0.4) is 0 Å². The Morgan fingerprint density at radius 2 is 1.86 bits per heavy atom. The van der Waals surface area contributed by atoms with E-state index < -0.39 is 17.6 Å². The van der Waals surface area contributed by atoms with E-state index in [4.69, 9.17) is 14.6 Å². The third kappa shape index (κ3) is 3.30. The summed E-state index contributed by atoms with van der Waals surface area (Å²) < 4.78 is 37.3. The van der Waals surface area contributed by atoms with Crippen LogP contribution in [0.1, 0.15) is 10.4 Å². The predicted molar refractivity (Wildman–Crippen MR) is 74.1 cm³/mol. The van der Waals surface area contributed by atoms with E-state index >= 15 is 0 Å². The van der Waals surface area contributed by atoms with E-state index in [2.05, 4.69) is 15.9 Å². The van der Waals surface area contributed by atoms with E-state index in [-0.39, 0.29) is 27.3 Å². The molecule has 7 heteroatoms. The molecule has 2 aromatic carbocycles. The third-order valence-electron chi connectivity index (χ3n) is 2.61. The van der Waals surface area contributed by atoms with Gasteiger partial charge in [0.05, 0.1) is 11.6 Å². The molecule has 0 aliphatic heterocycles. The summed E-state index contributed by atoms with van der Waals surface area (Å²) in [4.78, 5) is 11.1. The van der Waals surface area contributed by atoms with E-state index in [0.717, 1.165) is 18.2 Å². The molecule has 0 aromatic heterocycles. The highest BCUT2D eigenvalue weighted by molar-refractivity contribution is 9.10. The van der Waals surface area contributed by atoms with Crippen LogP contribution in [0.15, 0.2) is 34.8 Å². The Morgan fingerprint density at radius 1 is 1.14 bits per heavy atom. The van der Waals surface area contributed by atoms with Crippen LogP contribution in [0.4, 0.5) is 8.78 Å². The van der Waals surface area contributed by atoms with Gasteiger partial charge in [-0.15, -0.1) is 0 Å². The third-order valence-corrected chi connectivity index (χ3v) is 3.22. The Kier molecular flexibility index (Phi) is 4.42. The van der Waals surface area contributed by atoms with Crippen molar-refractivity contribution in [2.24, 2.45) is 0 Å². The molecule has 110 valence electrons. The van der Waals surface area contributed by atoms with Gasteiger partial charge in [0.15, 0.2) is 11.6 Å². The second-order valence-electron chi connectivity index (χ2n) is 3.97. The lowest BCUT2D eigenvalue weighted by atomic mass is 10.2. The largest absolute Gasteiger partial charge is 0.497 e. The molecule has 4 nitrogen and oxygen atoms in total. The lowest BCUT2D eigenvalue weighted by Crippen LogP contribution is -2.02. The van der Waals surface area contributed by atoms with Crippen LogP contribution >= 0.6 is 15.9 Å². The first kappa shape index (κ1) is 15.2. The number of carboxylic acids is 1. The summed E-state index contributed by atoms with van der Waals surface area (Å²) >= 11 is 2.88. The van der Waals surface area contributed by atoms with Crippen molar-refractivity contribution in [1.82, 2.24) is 0 Å². The van der Waals surface area contributed by atoms with Crippen LogP contribution in [0.25, 0.3) is 0 Å². The van der Waals surface area contributed by atoms with E-state index in [1.54, 1.807) is 0 Å². The van der Waals surface area contributed by atoms with Gasteiger partial charge in [-0.05, 0) is 34.1 Å². The summed E-state index contributed by atoms with van der Waals surface area (Å²) in [7, 11) is 1.38. The first-order valence-electron chi connectivity index (χ1n) is 5.66. The Bertz CT molecular complexity index is 704. The number of halogens is 3. The van der Waals surface area contributed by atoms with E-state index in [0.29, 0.717) is 0 Å². The lowest BCUT2D eigenvalue weighted by molar-refractivity contribution is 0.0694. The van der Waals surface area contributed by atoms with Crippen LogP contribution in [-0.2, 0) is 0 Å². The van der Waals surface area contributed by atoms with Crippen molar-refractivity contribution in [1.29, 1.82) is 0 Å². The average molecular weight is 359 g/mol. The average Bonchev–Trinajstić information content (AvgIpc) is 2.44. The molecule has 1 N–H and O–H groups in total. The first-order valence-corrected chi connectivity index (χ1v) is 6.45. The highest BCUT2D eigenvalue weighted by Crippen LogP contribution is 2.32. The minimum Gasteiger partial charge on any atom is -0.497 e. The van der Waals surface area contributed by atoms with Crippen LogP contribution < -0.4 is 9.47 Å². The fourth-order valence-corrected chi connectivity index (χ4v) is 1.93. The Balaban J connectivity index is 2.43. The monoisotopic (exact) mass is 358 g/mol.